The van der Waals surface area contributed by atoms with Gasteiger partial charge in [0, 0.05) is 6.54 Å². The van der Waals surface area contributed by atoms with Crippen LogP contribution >= 0.6 is 34.7 Å². The van der Waals surface area contributed by atoms with Gasteiger partial charge in [-0.2, -0.15) is 0 Å². The predicted molar refractivity (Wildman–Crippen MR) is 139 cm³/mol. The van der Waals surface area contributed by atoms with Crippen LogP contribution in [0.4, 0.5) is 5.00 Å². The first kappa shape index (κ1) is 27.5. The molecule has 3 aromatic rings. The van der Waals surface area contributed by atoms with Crippen LogP contribution in [-0.2, 0) is 16.1 Å². The van der Waals surface area contributed by atoms with Gasteiger partial charge < -0.3 is 25.1 Å². The Morgan fingerprint density at radius 2 is 2.00 bits per heavy atom. The van der Waals surface area contributed by atoms with Gasteiger partial charge in [0.2, 0.25) is 5.91 Å². The third-order valence-corrected chi connectivity index (χ3v) is 7.66. The number of aromatic nitrogens is 3. The minimum atomic E-state index is -0.690. The van der Waals surface area contributed by atoms with Crippen molar-refractivity contribution in [2.75, 3.05) is 18.2 Å². The monoisotopic (exact) mass is 551 g/mol. The zero-order chi connectivity index (χ0) is 26.6. The van der Waals surface area contributed by atoms with E-state index in [4.69, 9.17) is 26.8 Å². The number of nitrogens with two attached hydrogens (primary N) is 1. The Labute approximate surface area is 221 Å². The van der Waals surface area contributed by atoms with Crippen molar-refractivity contribution >= 4 is 57.5 Å². The lowest BCUT2D eigenvalue weighted by molar-refractivity contribution is -0.113. The van der Waals surface area contributed by atoms with Crippen LogP contribution in [-0.4, -0.2) is 45.4 Å². The second-order valence-electron chi connectivity index (χ2n) is 7.73. The fraction of sp³-hybridized carbons (Fsp3) is 0.348. The molecule has 2 heterocycles. The average molecular weight is 552 g/mol. The van der Waals surface area contributed by atoms with Gasteiger partial charge in [-0.1, -0.05) is 29.4 Å². The van der Waals surface area contributed by atoms with E-state index in [0.717, 1.165) is 16.9 Å². The van der Waals surface area contributed by atoms with Crippen LogP contribution in [0.5, 0.6) is 5.75 Å². The quantitative estimate of drug-likeness (QED) is 0.279. The number of carbonyl (C=O) groups is 3. The first-order chi connectivity index (χ1) is 17.1. The first-order valence-electron chi connectivity index (χ1n) is 10.9. The summed E-state index contributed by atoms with van der Waals surface area (Å²) in [6.45, 7) is 7.86. The second kappa shape index (κ2) is 11.8. The van der Waals surface area contributed by atoms with E-state index in [2.05, 4.69) is 15.5 Å². The van der Waals surface area contributed by atoms with Gasteiger partial charge >= 0.3 is 5.97 Å². The van der Waals surface area contributed by atoms with Gasteiger partial charge in [-0.25, -0.2) is 4.79 Å². The van der Waals surface area contributed by atoms with Crippen LogP contribution in [0, 0.1) is 13.8 Å². The van der Waals surface area contributed by atoms with E-state index < -0.39 is 23.9 Å². The Morgan fingerprint density at radius 1 is 1.28 bits per heavy atom. The normalized spacial score (nSPS) is 11.7. The van der Waals surface area contributed by atoms with Crippen LogP contribution < -0.4 is 15.8 Å². The summed E-state index contributed by atoms with van der Waals surface area (Å²) in [4.78, 5) is 36.8. The summed E-state index contributed by atoms with van der Waals surface area (Å²) >= 11 is 8.36. The number of thiophene rings is 1. The maximum atomic E-state index is 12.7. The second-order valence-corrected chi connectivity index (χ2v) is 10.1. The topological polar surface area (TPSA) is 138 Å². The smallest absolute Gasteiger partial charge is 0.341 e. The van der Waals surface area contributed by atoms with Crippen molar-refractivity contribution in [1.82, 2.24) is 14.8 Å². The molecule has 0 fully saturated rings. The highest BCUT2D eigenvalue weighted by molar-refractivity contribution is 7.99. The lowest BCUT2D eigenvalue weighted by Gasteiger charge is -2.16. The van der Waals surface area contributed by atoms with Gasteiger partial charge in [0.25, 0.3) is 5.91 Å². The van der Waals surface area contributed by atoms with Crippen LogP contribution in [0.1, 0.15) is 56.9 Å². The molecule has 0 bridgehead atoms. The summed E-state index contributed by atoms with van der Waals surface area (Å²) in [6, 6.07) is 5.52. The first-order valence-corrected chi connectivity index (χ1v) is 13.0. The molecule has 36 heavy (non-hydrogen) atoms. The number of hydrogen-bond acceptors (Lipinski definition) is 9. The molecule has 1 atom stereocenters. The van der Waals surface area contributed by atoms with Crippen molar-refractivity contribution in [3.8, 4) is 5.75 Å². The number of anilines is 1. The molecule has 0 spiro atoms. The number of primary amides is 1. The summed E-state index contributed by atoms with van der Waals surface area (Å²) in [5, 5.41) is 12.4. The lowest BCUT2D eigenvalue weighted by Crippen LogP contribution is -2.17. The Bertz CT molecular complexity index is 1310. The minimum Gasteiger partial charge on any atom is -0.481 e. The number of benzene rings is 1. The van der Waals surface area contributed by atoms with E-state index in [1.54, 1.807) is 13.0 Å². The number of methoxy groups -OCH3 is 1. The number of halogens is 1. The molecule has 1 aromatic carbocycles. The third kappa shape index (κ3) is 6.00. The Morgan fingerprint density at radius 3 is 2.64 bits per heavy atom. The number of nitrogens with one attached hydrogen (secondary N) is 1. The Kier molecular flexibility index (Phi) is 8.98. The zero-order valence-electron chi connectivity index (χ0n) is 20.4. The molecule has 1 unspecified atom stereocenters. The summed E-state index contributed by atoms with van der Waals surface area (Å²) in [5.41, 5.74) is 6.88. The van der Waals surface area contributed by atoms with E-state index >= 15 is 0 Å². The molecule has 2 amide bonds. The summed E-state index contributed by atoms with van der Waals surface area (Å²) in [7, 11) is 1.22. The maximum Gasteiger partial charge on any atom is 0.341 e. The molecule has 0 saturated carbocycles. The highest BCUT2D eigenvalue weighted by atomic mass is 35.5. The summed E-state index contributed by atoms with van der Waals surface area (Å²) < 4.78 is 12.7. The molecular formula is C23H26ClN5O5S2. The molecule has 2 aromatic heterocycles. The molecule has 0 aliphatic heterocycles. The van der Waals surface area contributed by atoms with Gasteiger partial charge in [-0.15, -0.1) is 21.5 Å². The molecule has 3 N–H and O–H groups in total. The van der Waals surface area contributed by atoms with Gasteiger partial charge in [0.1, 0.15) is 10.8 Å². The molecule has 10 nitrogen and oxygen atoms in total. The van der Waals surface area contributed by atoms with Crippen molar-refractivity contribution in [1.29, 1.82) is 0 Å². The number of rotatable bonds is 10. The van der Waals surface area contributed by atoms with Gasteiger partial charge in [-0.05, 0) is 51.0 Å². The van der Waals surface area contributed by atoms with Crippen molar-refractivity contribution < 1.29 is 23.9 Å². The van der Waals surface area contributed by atoms with Gasteiger partial charge in [-0.3, -0.25) is 9.59 Å². The fourth-order valence-electron chi connectivity index (χ4n) is 3.43. The molecule has 3 rings (SSSR count). The fourth-order valence-corrected chi connectivity index (χ4v) is 5.46. The average Bonchev–Trinajstić information content (AvgIpc) is 3.40. The Balaban J connectivity index is 1.72. The number of aryl methyl sites for hydroxylation is 1. The zero-order valence-corrected chi connectivity index (χ0v) is 22.8. The van der Waals surface area contributed by atoms with E-state index in [0.29, 0.717) is 33.9 Å². The molecule has 192 valence electrons. The third-order valence-electron chi connectivity index (χ3n) is 5.16. The molecular weight excluding hydrogens is 526 g/mol. The molecule has 0 aliphatic rings. The van der Waals surface area contributed by atoms with E-state index in [1.165, 1.54) is 18.9 Å². The van der Waals surface area contributed by atoms with E-state index in [1.807, 2.05) is 37.5 Å². The van der Waals surface area contributed by atoms with Crippen molar-refractivity contribution in [2.24, 2.45) is 5.73 Å². The van der Waals surface area contributed by atoms with Gasteiger partial charge in [0.05, 0.1) is 28.3 Å². The van der Waals surface area contributed by atoms with Crippen LogP contribution in [0.25, 0.3) is 0 Å². The number of amides is 2. The molecule has 0 saturated heterocycles. The maximum absolute atomic E-state index is 12.7. The van der Waals surface area contributed by atoms with Crippen molar-refractivity contribution in [3.63, 3.8) is 0 Å². The number of ether oxygens (including phenoxy) is 2. The number of esters is 1. The SMILES string of the molecule is CCn1c(SCC(=O)Nc2sc(C(N)=O)c(C)c2C(=O)OC)nnc1C(C)Oc1cc(C)ccc1Cl. The lowest BCUT2D eigenvalue weighted by atomic mass is 10.1. The molecule has 0 radical (unpaired) electrons. The van der Waals surface area contributed by atoms with Crippen molar-refractivity contribution in [3.05, 3.63) is 50.6 Å². The van der Waals surface area contributed by atoms with E-state index in [-0.39, 0.29) is 21.2 Å². The van der Waals surface area contributed by atoms with Crippen LogP contribution in [0.3, 0.4) is 0 Å². The highest BCUT2D eigenvalue weighted by Crippen LogP contribution is 2.34. The number of carbonyl (C=O) groups excluding carboxylic acids is 3. The Hall–Kier alpha value is -3.09. The van der Waals surface area contributed by atoms with Crippen LogP contribution in [0.15, 0.2) is 23.4 Å². The van der Waals surface area contributed by atoms with Crippen molar-refractivity contribution in [2.45, 2.75) is 45.5 Å². The summed E-state index contributed by atoms with van der Waals surface area (Å²) in [6.07, 6.45) is -0.441. The number of nitrogens with zero attached hydrogens (tertiary/aromatic N) is 3. The predicted octanol–water partition coefficient (Wildman–Crippen LogP) is 4.39. The summed E-state index contributed by atoms with van der Waals surface area (Å²) in [5.74, 6) is -0.634. The number of hydrogen-bond donors (Lipinski definition) is 2. The highest BCUT2D eigenvalue weighted by Gasteiger charge is 2.26. The largest absolute Gasteiger partial charge is 0.481 e. The van der Waals surface area contributed by atoms with Gasteiger partial charge in [0.15, 0.2) is 17.1 Å². The van der Waals surface area contributed by atoms with E-state index in [9.17, 15) is 14.4 Å². The standard InChI is InChI=1S/C23H26ClN5O5S2/c1-6-29-20(13(4)34-15-9-11(2)7-8-14(15)24)27-28-23(29)35-10-16(30)26-21-17(22(32)33-5)12(3)18(36-21)19(25)31/h7-9,13H,6,10H2,1-5H3,(H2,25,31)(H,26,30). The van der Waals surface area contributed by atoms with Crippen LogP contribution in [0.2, 0.25) is 5.02 Å². The molecule has 13 heteroatoms. The minimum absolute atomic E-state index is 0.0133. The molecule has 0 aliphatic carbocycles. The number of thioether (sulfide) groups is 1.